The Balaban J connectivity index is 4.11. The molecule has 10 heavy (non-hydrogen) atoms. The van der Waals surface area contributed by atoms with Gasteiger partial charge in [0, 0.05) is 6.54 Å². The fourth-order valence-corrected chi connectivity index (χ4v) is 0.456. The summed E-state index contributed by atoms with van der Waals surface area (Å²) in [4.78, 5) is 1.12. The van der Waals surface area contributed by atoms with Crippen molar-refractivity contribution in [1.29, 1.82) is 10.8 Å². The highest BCUT2D eigenvalue weighted by Crippen LogP contribution is 1.83. The Labute approximate surface area is 59.3 Å². The topological polar surface area (TPSA) is 103 Å². The van der Waals surface area contributed by atoms with Crippen LogP contribution < -0.4 is 11.5 Å². The van der Waals surface area contributed by atoms with Crippen molar-refractivity contribution in [3.05, 3.63) is 12.7 Å². The molecular weight excluding hydrogens is 130 g/mol. The zero-order chi connectivity index (χ0) is 8.15. The summed E-state index contributed by atoms with van der Waals surface area (Å²) in [5.74, 6) is -0.486. The molecule has 0 aromatic heterocycles. The first kappa shape index (κ1) is 8.48. The summed E-state index contributed by atoms with van der Waals surface area (Å²) in [6.45, 7) is 3.72. The third-order valence-electron chi connectivity index (χ3n) is 0.893. The molecule has 5 nitrogen and oxygen atoms in total. The highest BCUT2D eigenvalue weighted by Gasteiger charge is 2.05. The average molecular weight is 141 g/mol. The molecule has 0 aromatic carbocycles. The normalized spacial score (nSPS) is 8.40. The van der Waals surface area contributed by atoms with Gasteiger partial charge in [-0.2, -0.15) is 0 Å². The number of rotatable bonds is 2. The lowest BCUT2D eigenvalue weighted by Crippen LogP contribution is -2.44. The van der Waals surface area contributed by atoms with Gasteiger partial charge in [0.1, 0.15) is 0 Å². The lowest BCUT2D eigenvalue weighted by molar-refractivity contribution is 0.653. The molecule has 0 bridgehead atoms. The molecule has 0 saturated carbocycles. The van der Waals surface area contributed by atoms with Crippen LogP contribution >= 0.6 is 0 Å². The van der Waals surface area contributed by atoms with Crippen LogP contribution in [0.4, 0.5) is 0 Å². The maximum Gasteiger partial charge on any atom is 0.195 e. The molecular formula is C5H11N5. The predicted octanol–water partition coefficient (Wildman–Crippen LogP) is -0.739. The van der Waals surface area contributed by atoms with E-state index in [1.54, 1.807) is 0 Å². The van der Waals surface area contributed by atoms with Gasteiger partial charge in [0.05, 0.1) is 0 Å². The Morgan fingerprint density at radius 1 is 1.40 bits per heavy atom. The third-order valence-corrected chi connectivity index (χ3v) is 0.893. The van der Waals surface area contributed by atoms with Gasteiger partial charge in [0.25, 0.3) is 0 Å². The Kier molecular flexibility index (Phi) is 2.96. The van der Waals surface area contributed by atoms with Crippen molar-refractivity contribution in [2.45, 2.75) is 0 Å². The van der Waals surface area contributed by atoms with Gasteiger partial charge < -0.3 is 11.5 Å². The van der Waals surface area contributed by atoms with E-state index in [2.05, 4.69) is 6.58 Å². The van der Waals surface area contributed by atoms with Gasteiger partial charge in [-0.05, 0) is 0 Å². The molecule has 0 aliphatic rings. The molecule has 0 amide bonds. The van der Waals surface area contributed by atoms with E-state index in [1.165, 1.54) is 6.08 Å². The quantitative estimate of drug-likeness (QED) is 0.231. The van der Waals surface area contributed by atoms with Crippen molar-refractivity contribution in [3.63, 3.8) is 0 Å². The van der Waals surface area contributed by atoms with Crippen LogP contribution in [0.15, 0.2) is 12.7 Å². The maximum atomic E-state index is 6.92. The van der Waals surface area contributed by atoms with Gasteiger partial charge in [0.15, 0.2) is 11.9 Å². The van der Waals surface area contributed by atoms with Gasteiger partial charge in [-0.1, -0.05) is 6.08 Å². The van der Waals surface area contributed by atoms with Gasteiger partial charge in [-0.3, -0.25) is 15.7 Å². The number of hydrogen-bond donors (Lipinski definition) is 4. The molecule has 0 heterocycles. The highest BCUT2D eigenvalue weighted by molar-refractivity contribution is 5.94. The minimum Gasteiger partial charge on any atom is -0.370 e. The molecule has 0 spiro atoms. The second-order valence-corrected chi connectivity index (χ2v) is 1.67. The maximum absolute atomic E-state index is 6.92. The van der Waals surface area contributed by atoms with Crippen molar-refractivity contribution in [2.75, 3.05) is 6.54 Å². The van der Waals surface area contributed by atoms with Crippen LogP contribution in [0.1, 0.15) is 0 Å². The zero-order valence-electron chi connectivity index (χ0n) is 5.59. The summed E-state index contributed by atoms with van der Waals surface area (Å²) in [5.41, 5.74) is 10.1. The van der Waals surface area contributed by atoms with E-state index < -0.39 is 0 Å². The van der Waals surface area contributed by atoms with E-state index in [0.29, 0.717) is 6.54 Å². The van der Waals surface area contributed by atoms with E-state index in [1.807, 2.05) is 0 Å². The fourth-order valence-electron chi connectivity index (χ4n) is 0.456. The first-order valence-corrected chi connectivity index (χ1v) is 2.66. The van der Waals surface area contributed by atoms with Crippen LogP contribution in [0, 0.1) is 10.8 Å². The SMILES string of the molecule is C=CCN(C(=N)N)C(=N)N. The molecule has 0 aliphatic heterocycles. The monoisotopic (exact) mass is 141 g/mol. The Bertz CT molecular complexity index is 147. The number of hydrogen-bond acceptors (Lipinski definition) is 2. The summed E-state index contributed by atoms with van der Waals surface area (Å²) in [7, 11) is 0. The molecule has 0 atom stereocenters. The van der Waals surface area contributed by atoms with E-state index >= 15 is 0 Å². The lowest BCUT2D eigenvalue weighted by atomic mass is 10.5. The summed E-state index contributed by atoms with van der Waals surface area (Å²) >= 11 is 0. The first-order valence-electron chi connectivity index (χ1n) is 2.66. The predicted molar refractivity (Wildman–Crippen MR) is 40.7 cm³/mol. The van der Waals surface area contributed by atoms with Crippen LogP contribution in [0.25, 0.3) is 0 Å². The second kappa shape index (κ2) is 3.49. The molecule has 0 fully saturated rings. The number of guanidine groups is 2. The van der Waals surface area contributed by atoms with Gasteiger partial charge in [-0.15, -0.1) is 6.58 Å². The molecule has 0 saturated heterocycles. The minimum atomic E-state index is -0.243. The molecule has 0 radical (unpaired) electrons. The molecule has 5 heteroatoms. The van der Waals surface area contributed by atoms with E-state index in [9.17, 15) is 0 Å². The van der Waals surface area contributed by atoms with Crippen molar-refractivity contribution in [1.82, 2.24) is 4.90 Å². The molecule has 0 aromatic rings. The minimum absolute atomic E-state index is 0.243. The summed E-state index contributed by atoms with van der Waals surface area (Å²) in [6.07, 6.45) is 1.52. The first-order chi connectivity index (χ1) is 4.59. The highest BCUT2D eigenvalue weighted by atomic mass is 15.3. The molecule has 0 aliphatic carbocycles. The number of nitrogens with two attached hydrogens (primary N) is 2. The Morgan fingerprint density at radius 2 is 1.80 bits per heavy atom. The smallest absolute Gasteiger partial charge is 0.195 e. The molecule has 56 valence electrons. The van der Waals surface area contributed by atoms with Crippen molar-refractivity contribution < 1.29 is 0 Å². The second-order valence-electron chi connectivity index (χ2n) is 1.67. The Hall–Kier alpha value is -1.52. The standard InChI is InChI=1S/C5H11N5/c1-2-3-10(4(6)7)5(8)9/h2H,1,3H2,(H3,6,7)(H3,8,9). The van der Waals surface area contributed by atoms with Gasteiger partial charge >= 0.3 is 0 Å². The van der Waals surface area contributed by atoms with E-state index in [0.717, 1.165) is 4.90 Å². The largest absolute Gasteiger partial charge is 0.370 e. The zero-order valence-corrected chi connectivity index (χ0v) is 5.59. The van der Waals surface area contributed by atoms with Crippen molar-refractivity contribution in [3.8, 4) is 0 Å². The third kappa shape index (κ3) is 2.17. The summed E-state index contributed by atoms with van der Waals surface area (Å²) < 4.78 is 0. The number of nitrogens with zero attached hydrogens (tertiary/aromatic N) is 1. The van der Waals surface area contributed by atoms with Crippen LogP contribution in [-0.2, 0) is 0 Å². The summed E-state index contributed by atoms with van der Waals surface area (Å²) in [6, 6.07) is 0. The van der Waals surface area contributed by atoms with Gasteiger partial charge in [0.2, 0.25) is 0 Å². The molecule has 0 rings (SSSR count). The number of nitrogens with one attached hydrogen (secondary N) is 2. The Morgan fingerprint density at radius 3 is 1.90 bits per heavy atom. The molecule has 6 N–H and O–H groups in total. The van der Waals surface area contributed by atoms with Crippen LogP contribution in [0.2, 0.25) is 0 Å². The summed E-state index contributed by atoms with van der Waals surface area (Å²) in [5, 5.41) is 13.8. The van der Waals surface area contributed by atoms with E-state index in [4.69, 9.17) is 22.3 Å². The van der Waals surface area contributed by atoms with Crippen molar-refractivity contribution >= 4 is 11.9 Å². The van der Waals surface area contributed by atoms with Crippen LogP contribution in [0.3, 0.4) is 0 Å². The van der Waals surface area contributed by atoms with Crippen LogP contribution in [-0.4, -0.2) is 23.4 Å². The van der Waals surface area contributed by atoms with Gasteiger partial charge in [-0.25, -0.2) is 0 Å². The lowest BCUT2D eigenvalue weighted by Gasteiger charge is -2.17. The fraction of sp³-hybridized carbons (Fsp3) is 0.200. The van der Waals surface area contributed by atoms with E-state index in [-0.39, 0.29) is 11.9 Å². The average Bonchev–Trinajstić information content (AvgIpc) is 1.81. The van der Waals surface area contributed by atoms with Crippen molar-refractivity contribution in [2.24, 2.45) is 11.5 Å². The van der Waals surface area contributed by atoms with Crippen LogP contribution in [0.5, 0.6) is 0 Å². The molecule has 0 unspecified atom stereocenters.